The molecular weight excluding hydrogens is 416 g/mol. The van der Waals surface area contributed by atoms with E-state index in [1.165, 1.54) is 11.3 Å². The zero-order chi connectivity index (χ0) is 18.5. The zero-order valence-corrected chi connectivity index (χ0v) is 16.7. The second-order valence-electron chi connectivity index (χ2n) is 5.27. The van der Waals surface area contributed by atoms with Crippen molar-refractivity contribution in [1.82, 2.24) is 4.98 Å². The van der Waals surface area contributed by atoms with Crippen molar-refractivity contribution < 1.29 is 14.3 Å². The van der Waals surface area contributed by atoms with E-state index in [-0.39, 0.29) is 5.91 Å². The molecule has 3 rings (SSSR count). The molecule has 1 heterocycles. The number of nitrogens with one attached hydrogen (secondary N) is 1. The highest BCUT2D eigenvalue weighted by Gasteiger charge is 2.16. The number of aromatic nitrogens is 1. The Kier molecular flexibility index (Phi) is 5.90. The molecule has 0 spiro atoms. The lowest BCUT2D eigenvalue weighted by atomic mass is 10.2. The number of carbonyl (C=O) groups excluding carboxylic acids is 1. The Morgan fingerprint density at radius 2 is 2.04 bits per heavy atom. The first-order valence-electron chi connectivity index (χ1n) is 7.95. The molecule has 0 fully saturated rings. The van der Waals surface area contributed by atoms with E-state index in [0.717, 1.165) is 20.8 Å². The van der Waals surface area contributed by atoms with Gasteiger partial charge in [-0.2, -0.15) is 0 Å². The number of anilines is 1. The number of carbonyl (C=O) groups is 1. The maximum Gasteiger partial charge on any atom is 0.275 e. The largest absolute Gasteiger partial charge is 0.496 e. The monoisotopic (exact) mass is 432 g/mol. The van der Waals surface area contributed by atoms with Gasteiger partial charge in [0.2, 0.25) is 0 Å². The molecule has 2 aromatic carbocycles. The minimum Gasteiger partial charge on any atom is -0.496 e. The van der Waals surface area contributed by atoms with Gasteiger partial charge in [-0.05, 0) is 37.3 Å². The van der Waals surface area contributed by atoms with Crippen LogP contribution in [0.5, 0.6) is 11.5 Å². The number of halogens is 1. The Bertz CT molecular complexity index is 927. The molecule has 1 N–H and O–H groups in total. The Hall–Kier alpha value is -2.38. The molecule has 0 saturated heterocycles. The average Bonchev–Trinajstić information content (AvgIpc) is 3.14. The lowest BCUT2D eigenvalue weighted by molar-refractivity contribution is 0.102. The van der Waals surface area contributed by atoms with E-state index in [1.54, 1.807) is 18.6 Å². The second-order valence-corrected chi connectivity index (χ2v) is 7.04. The highest BCUT2D eigenvalue weighted by atomic mass is 79.9. The van der Waals surface area contributed by atoms with Gasteiger partial charge in [-0.1, -0.05) is 28.1 Å². The van der Waals surface area contributed by atoms with Crippen molar-refractivity contribution in [1.29, 1.82) is 0 Å². The van der Waals surface area contributed by atoms with E-state index < -0.39 is 0 Å². The van der Waals surface area contributed by atoms with Crippen molar-refractivity contribution >= 4 is 38.9 Å². The predicted molar refractivity (Wildman–Crippen MR) is 107 cm³/mol. The summed E-state index contributed by atoms with van der Waals surface area (Å²) in [4.78, 5) is 17.1. The van der Waals surface area contributed by atoms with Gasteiger partial charge in [0, 0.05) is 9.85 Å². The van der Waals surface area contributed by atoms with Crippen molar-refractivity contribution in [3.63, 3.8) is 0 Å². The maximum absolute atomic E-state index is 12.6. The standard InChI is InChI=1S/C19H17BrN2O3S/c1-3-25-17-9-8-12(20)10-14(17)21-18(23)15-11-26-19(22-15)13-6-4-5-7-16(13)24-2/h4-11H,3H2,1-2H3,(H,21,23). The summed E-state index contributed by atoms with van der Waals surface area (Å²) in [6.45, 7) is 2.41. The number of para-hydroxylation sites is 1. The first-order chi connectivity index (χ1) is 12.6. The summed E-state index contributed by atoms with van der Waals surface area (Å²) in [5.41, 5.74) is 1.80. The van der Waals surface area contributed by atoms with Gasteiger partial charge in [-0.15, -0.1) is 11.3 Å². The molecule has 0 aliphatic rings. The minimum absolute atomic E-state index is 0.290. The molecule has 134 valence electrons. The van der Waals surface area contributed by atoms with Gasteiger partial charge in [0.1, 0.15) is 22.2 Å². The third-order valence-electron chi connectivity index (χ3n) is 3.56. The number of thiazole rings is 1. The Morgan fingerprint density at radius 1 is 1.23 bits per heavy atom. The lowest BCUT2D eigenvalue weighted by Gasteiger charge is -2.11. The highest BCUT2D eigenvalue weighted by Crippen LogP contribution is 2.33. The molecule has 7 heteroatoms. The number of hydrogen-bond acceptors (Lipinski definition) is 5. The predicted octanol–water partition coefficient (Wildman–Crippen LogP) is 5.23. The van der Waals surface area contributed by atoms with Crippen LogP contribution in [0.3, 0.4) is 0 Å². The van der Waals surface area contributed by atoms with Crippen molar-refractivity contribution in [2.75, 3.05) is 19.0 Å². The SMILES string of the molecule is CCOc1ccc(Br)cc1NC(=O)c1csc(-c2ccccc2OC)n1. The summed E-state index contributed by atoms with van der Waals surface area (Å²) in [6.07, 6.45) is 0. The molecule has 26 heavy (non-hydrogen) atoms. The van der Waals surface area contributed by atoms with E-state index in [4.69, 9.17) is 9.47 Å². The minimum atomic E-state index is -0.290. The Balaban J connectivity index is 1.84. The van der Waals surface area contributed by atoms with Crippen LogP contribution in [-0.4, -0.2) is 24.6 Å². The maximum atomic E-state index is 12.6. The molecule has 0 saturated carbocycles. The fourth-order valence-electron chi connectivity index (χ4n) is 2.39. The normalized spacial score (nSPS) is 10.4. The Morgan fingerprint density at radius 3 is 2.81 bits per heavy atom. The molecule has 1 aromatic heterocycles. The first kappa shape index (κ1) is 18.4. The van der Waals surface area contributed by atoms with Gasteiger partial charge in [0.15, 0.2) is 0 Å². The molecule has 0 atom stereocenters. The first-order valence-corrected chi connectivity index (χ1v) is 9.62. The summed E-state index contributed by atoms with van der Waals surface area (Å²) >= 11 is 4.81. The zero-order valence-electron chi connectivity index (χ0n) is 14.3. The van der Waals surface area contributed by atoms with Crippen LogP contribution in [0.15, 0.2) is 52.3 Å². The number of ether oxygens (including phenoxy) is 2. The molecule has 1 amide bonds. The average molecular weight is 433 g/mol. The van der Waals surface area contributed by atoms with Crippen molar-refractivity contribution in [3.05, 3.63) is 58.0 Å². The van der Waals surface area contributed by atoms with E-state index >= 15 is 0 Å². The van der Waals surface area contributed by atoms with Crippen LogP contribution in [-0.2, 0) is 0 Å². The van der Waals surface area contributed by atoms with Crippen LogP contribution in [0, 0.1) is 0 Å². The fourth-order valence-corrected chi connectivity index (χ4v) is 3.58. The van der Waals surface area contributed by atoms with Crippen LogP contribution in [0.2, 0.25) is 0 Å². The molecule has 3 aromatic rings. The van der Waals surface area contributed by atoms with Crippen LogP contribution in [0.25, 0.3) is 10.6 Å². The van der Waals surface area contributed by atoms with E-state index in [9.17, 15) is 4.79 Å². The summed E-state index contributed by atoms with van der Waals surface area (Å²) in [5, 5.41) is 5.33. The van der Waals surface area contributed by atoms with E-state index in [2.05, 4.69) is 26.2 Å². The summed E-state index contributed by atoms with van der Waals surface area (Å²) in [6, 6.07) is 13.1. The third-order valence-corrected chi connectivity index (χ3v) is 4.93. The number of methoxy groups -OCH3 is 1. The summed E-state index contributed by atoms with van der Waals surface area (Å²) in [7, 11) is 1.61. The van der Waals surface area contributed by atoms with E-state index in [0.29, 0.717) is 23.7 Å². The highest BCUT2D eigenvalue weighted by molar-refractivity contribution is 9.10. The van der Waals surface area contributed by atoms with Crippen LogP contribution < -0.4 is 14.8 Å². The fraction of sp³-hybridized carbons (Fsp3) is 0.158. The van der Waals surface area contributed by atoms with Crippen molar-refractivity contribution in [2.45, 2.75) is 6.92 Å². The van der Waals surface area contributed by atoms with Gasteiger partial charge >= 0.3 is 0 Å². The molecule has 5 nitrogen and oxygen atoms in total. The molecular formula is C19H17BrN2O3S. The number of amides is 1. The van der Waals surface area contributed by atoms with Crippen molar-refractivity contribution in [3.8, 4) is 22.1 Å². The van der Waals surface area contributed by atoms with Gasteiger partial charge in [-0.25, -0.2) is 4.98 Å². The lowest BCUT2D eigenvalue weighted by Crippen LogP contribution is -2.13. The second kappa shape index (κ2) is 8.33. The summed E-state index contributed by atoms with van der Waals surface area (Å²) in [5.74, 6) is 1.05. The number of nitrogens with zero attached hydrogens (tertiary/aromatic N) is 1. The number of rotatable bonds is 6. The van der Waals surface area contributed by atoms with Gasteiger partial charge in [-0.3, -0.25) is 4.79 Å². The number of hydrogen-bond donors (Lipinski definition) is 1. The van der Waals surface area contributed by atoms with Gasteiger partial charge in [0.25, 0.3) is 5.91 Å². The molecule has 0 radical (unpaired) electrons. The van der Waals surface area contributed by atoms with Gasteiger partial charge < -0.3 is 14.8 Å². The molecule has 0 aliphatic heterocycles. The third kappa shape index (κ3) is 4.05. The van der Waals surface area contributed by atoms with Crippen LogP contribution >= 0.6 is 27.3 Å². The van der Waals surface area contributed by atoms with Gasteiger partial charge in [0.05, 0.1) is 25.0 Å². The van der Waals surface area contributed by atoms with Crippen molar-refractivity contribution in [2.24, 2.45) is 0 Å². The Labute approximate surface area is 164 Å². The van der Waals surface area contributed by atoms with Crippen LogP contribution in [0.1, 0.15) is 17.4 Å². The number of benzene rings is 2. The topological polar surface area (TPSA) is 60.5 Å². The van der Waals surface area contributed by atoms with Crippen LogP contribution in [0.4, 0.5) is 5.69 Å². The molecule has 0 unspecified atom stereocenters. The smallest absolute Gasteiger partial charge is 0.275 e. The molecule has 0 bridgehead atoms. The molecule has 0 aliphatic carbocycles. The quantitative estimate of drug-likeness (QED) is 0.578. The van der Waals surface area contributed by atoms with E-state index in [1.807, 2.05) is 43.3 Å². The summed E-state index contributed by atoms with van der Waals surface area (Å²) < 4.78 is 11.8.